The normalized spacial score (nSPS) is 13.7. The molecule has 1 aromatic heterocycles. The van der Waals surface area contributed by atoms with Gasteiger partial charge in [-0.15, -0.1) is 0 Å². The fraction of sp³-hybridized carbons (Fsp3) is 0.238. The number of phenols is 1. The van der Waals surface area contributed by atoms with Crippen LogP contribution in [0.1, 0.15) is 15.9 Å². The fourth-order valence-corrected chi connectivity index (χ4v) is 2.87. The third-order valence-corrected chi connectivity index (χ3v) is 4.50. The van der Waals surface area contributed by atoms with Crippen LogP contribution in [0.3, 0.4) is 0 Å². The minimum atomic E-state index is -5.08. The number of alkyl halides is 6. The zero-order chi connectivity index (χ0) is 29.5. The summed E-state index contributed by atoms with van der Waals surface area (Å²) in [6, 6.07) is 6.65. The monoisotopic (exact) mass is 565 g/mol. The Labute approximate surface area is 213 Å². The SMILES string of the molecule is COc1c(O)ccc2c1N=C(NC(=O)c1cccnc1)N1CCN=C21.O=C(O)C(F)(F)F.O=C(O)C(F)(F)F. The molecule has 39 heavy (non-hydrogen) atoms. The van der Waals surface area contributed by atoms with Crippen molar-refractivity contribution in [2.24, 2.45) is 9.98 Å². The predicted molar refractivity (Wildman–Crippen MR) is 119 cm³/mol. The summed E-state index contributed by atoms with van der Waals surface area (Å²) in [5.74, 6) is -4.55. The van der Waals surface area contributed by atoms with Crippen LogP contribution >= 0.6 is 0 Å². The predicted octanol–water partition coefficient (Wildman–Crippen LogP) is 2.56. The lowest BCUT2D eigenvalue weighted by Gasteiger charge is -2.28. The smallest absolute Gasteiger partial charge is 0.490 e. The number of hydrogen-bond donors (Lipinski definition) is 4. The molecule has 0 unspecified atom stereocenters. The van der Waals surface area contributed by atoms with E-state index in [9.17, 15) is 36.2 Å². The number of carbonyl (C=O) groups excluding carboxylic acids is 1. The van der Waals surface area contributed by atoms with Crippen LogP contribution in [0.15, 0.2) is 46.6 Å². The molecule has 2 aliphatic rings. The summed E-state index contributed by atoms with van der Waals surface area (Å²) in [6.07, 6.45) is -7.08. The minimum absolute atomic E-state index is 0.0185. The van der Waals surface area contributed by atoms with Crippen LogP contribution in [0.4, 0.5) is 32.0 Å². The molecular formula is C21H17F6N5O7. The summed E-state index contributed by atoms with van der Waals surface area (Å²) < 4.78 is 68.7. The second kappa shape index (κ2) is 12.1. The van der Waals surface area contributed by atoms with Gasteiger partial charge in [-0.3, -0.25) is 25.0 Å². The number of ether oxygens (including phenoxy) is 1. The number of nitrogens with one attached hydrogen (secondary N) is 1. The fourth-order valence-electron chi connectivity index (χ4n) is 2.87. The Kier molecular flexibility index (Phi) is 9.41. The first-order valence-electron chi connectivity index (χ1n) is 10.2. The number of aliphatic carboxylic acids is 2. The Hall–Kier alpha value is -4.90. The van der Waals surface area contributed by atoms with Gasteiger partial charge in [-0.25, -0.2) is 14.6 Å². The quantitative estimate of drug-likeness (QED) is 0.399. The number of aromatic nitrogens is 1. The molecule has 2 aliphatic heterocycles. The molecule has 0 bridgehead atoms. The van der Waals surface area contributed by atoms with Crippen LogP contribution in [0.25, 0.3) is 0 Å². The van der Waals surface area contributed by atoms with Gasteiger partial charge in [0.2, 0.25) is 5.96 Å². The van der Waals surface area contributed by atoms with Crippen molar-refractivity contribution in [3.8, 4) is 11.5 Å². The molecule has 0 saturated carbocycles. The number of rotatable bonds is 2. The number of pyridine rings is 1. The summed E-state index contributed by atoms with van der Waals surface area (Å²) >= 11 is 0. The summed E-state index contributed by atoms with van der Waals surface area (Å²) in [5.41, 5.74) is 1.63. The van der Waals surface area contributed by atoms with Crippen LogP contribution < -0.4 is 10.1 Å². The minimum Gasteiger partial charge on any atom is -0.504 e. The number of nitrogens with zero attached hydrogens (tertiary/aromatic N) is 4. The van der Waals surface area contributed by atoms with Crippen LogP contribution in [-0.2, 0) is 9.59 Å². The first kappa shape index (κ1) is 30.3. The van der Waals surface area contributed by atoms with Crippen molar-refractivity contribution < 1.29 is 60.8 Å². The Bertz CT molecular complexity index is 1270. The number of guanidine groups is 1. The number of aromatic hydroxyl groups is 1. The van der Waals surface area contributed by atoms with Crippen molar-refractivity contribution >= 4 is 35.3 Å². The summed E-state index contributed by atoms with van der Waals surface area (Å²) in [5, 5.41) is 27.1. The van der Waals surface area contributed by atoms with E-state index in [2.05, 4.69) is 20.3 Å². The third kappa shape index (κ3) is 7.79. The highest BCUT2D eigenvalue weighted by atomic mass is 19.4. The lowest BCUT2D eigenvalue weighted by Crippen LogP contribution is -2.47. The van der Waals surface area contributed by atoms with Crippen LogP contribution in [-0.4, -0.2) is 87.4 Å². The number of carboxylic acids is 2. The highest BCUT2D eigenvalue weighted by Gasteiger charge is 2.39. The number of phenolic OH excluding ortho intramolecular Hbond substituents is 1. The summed E-state index contributed by atoms with van der Waals surface area (Å²) in [4.78, 5) is 45.0. The van der Waals surface area contributed by atoms with Crippen molar-refractivity contribution in [2.75, 3.05) is 20.2 Å². The number of aliphatic imine (C=N–C) groups is 2. The molecule has 0 aliphatic carbocycles. The largest absolute Gasteiger partial charge is 0.504 e. The maximum atomic E-state index is 12.5. The number of carboxylic acid groups (broad SMARTS) is 2. The van der Waals surface area contributed by atoms with Crippen LogP contribution in [0, 0.1) is 0 Å². The lowest BCUT2D eigenvalue weighted by molar-refractivity contribution is -0.193. The number of carbonyl (C=O) groups is 3. The van der Waals surface area contributed by atoms with E-state index < -0.39 is 24.3 Å². The van der Waals surface area contributed by atoms with Crippen LogP contribution in [0.2, 0.25) is 0 Å². The average molecular weight is 565 g/mol. The van der Waals surface area contributed by atoms with Gasteiger partial charge in [0.1, 0.15) is 11.5 Å². The maximum absolute atomic E-state index is 12.5. The first-order chi connectivity index (χ1) is 18.1. The molecule has 1 aromatic carbocycles. The van der Waals surface area contributed by atoms with E-state index in [1.165, 1.54) is 13.3 Å². The van der Waals surface area contributed by atoms with E-state index in [0.29, 0.717) is 36.1 Å². The van der Waals surface area contributed by atoms with Gasteiger partial charge in [-0.2, -0.15) is 26.3 Å². The Morgan fingerprint density at radius 1 is 1.03 bits per heavy atom. The van der Waals surface area contributed by atoms with Gasteiger partial charge < -0.3 is 20.1 Å². The molecule has 3 heterocycles. The third-order valence-electron chi connectivity index (χ3n) is 4.50. The van der Waals surface area contributed by atoms with E-state index in [-0.39, 0.29) is 17.4 Å². The molecule has 0 fully saturated rings. The van der Waals surface area contributed by atoms with E-state index in [0.717, 1.165) is 5.56 Å². The number of amidine groups is 1. The molecule has 12 nitrogen and oxygen atoms in total. The molecule has 210 valence electrons. The lowest BCUT2D eigenvalue weighted by atomic mass is 10.1. The van der Waals surface area contributed by atoms with E-state index in [1.54, 1.807) is 30.5 Å². The standard InChI is InChI=1S/C17H15N5O3.2C2HF3O2/c1-25-14-12(23)5-4-11-13(14)20-17(22-8-7-19-15(11)22)21-16(24)10-3-2-6-18-9-10;2*3-2(4,5)1(6)7/h2-6,9,23H,7-8H2,1H3,(H,20,21,24);2*(H,6,7). The Morgan fingerprint density at radius 3 is 2.10 bits per heavy atom. The maximum Gasteiger partial charge on any atom is 0.490 e. The Morgan fingerprint density at radius 2 is 1.62 bits per heavy atom. The molecular weight excluding hydrogens is 548 g/mol. The van der Waals surface area contributed by atoms with Gasteiger partial charge in [-0.1, -0.05) is 0 Å². The van der Waals surface area contributed by atoms with E-state index in [4.69, 9.17) is 24.5 Å². The number of fused-ring (bicyclic) bond motifs is 3. The molecule has 0 radical (unpaired) electrons. The van der Waals surface area contributed by atoms with Gasteiger partial charge in [-0.05, 0) is 24.3 Å². The molecule has 2 aromatic rings. The molecule has 18 heteroatoms. The molecule has 0 atom stereocenters. The molecule has 4 N–H and O–H groups in total. The zero-order valence-corrected chi connectivity index (χ0v) is 19.4. The molecule has 0 spiro atoms. The second-order valence-corrected chi connectivity index (χ2v) is 7.11. The highest BCUT2D eigenvalue weighted by molar-refractivity contribution is 6.20. The van der Waals surface area contributed by atoms with Gasteiger partial charge in [0, 0.05) is 24.5 Å². The van der Waals surface area contributed by atoms with Crippen molar-refractivity contribution in [3.63, 3.8) is 0 Å². The van der Waals surface area contributed by atoms with Crippen molar-refractivity contribution in [1.82, 2.24) is 15.2 Å². The Balaban J connectivity index is 0.000000317. The topological polar surface area (TPSA) is 174 Å². The summed E-state index contributed by atoms with van der Waals surface area (Å²) in [6.45, 7) is 1.21. The number of benzene rings is 1. The van der Waals surface area contributed by atoms with E-state index >= 15 is 0 Å². The second-order valence-electron chi connectivity index (χ2n) is 7.11. The molecule has 1 amide bonds. The average Bonchev–Trinajstić information content (AvgIpc) is 3.35. The molecule has 4 rings (SSSR count). The number of halogens is 6. The van der Waals surface area contributed by atoms with Gasteiger partial charge in [0.05, 0.1) is 19.2 Å². The first-order valence-corrected chi connectivity index (χ1v) is 10.2. The van der Waals surface area contributed by atoms with Crippen LogP contribution in [0.5, 0.6) is 11.5 Å². The number of hydrogen-bond acceptors (Lipinski definition) is 9. The number of amides is 1. The van der Waals surface area contributed by atoms with Gasteiger partial charge in [0.15, 0.2) is 11.5 Å². The van der Waals surface area contributed by atoms with Gasteiger partial charge in [0.25, 0.3) is 5.91 Å². The summed E-state index contributed by atoms with van der Waals surface area (Å²) in [7, 11) is 1.46. The van der Waals surface area contributed by atoms with E-state index in [1.807, 2.05) is 4.90 Å². The van der Waals surface area contributed by atoms with Crippen molar-refractivity contribution in [2.45, 2.75) is 12.4 Å². The molecule has 0 saturated heterocycles. The van der Waals surface area contributed by atoms with Crippen molar-refractivity contribution in [3.05, 3.63) is 47.8 Å². The highest BCUT2D eigenvalue weighted by Crippen LogP contribution is 2.42. The van der Waals surface area contributed by atoms with Crippen molar-refractivity contribution in [1.29, 1.82) is 0 Å². The zero-order valence-electron chi connectivity index (χ0n) is 19.4. The van der Waals surface area contributed by atoms with Gasteiger partial charge >= 0.3 is 24.3 Å². The number of methoxy groups -OCH3 is 1.